The van der Waals surface area contributed by atoms with Crippen LogP contribution in [0.5, 0.6) is 12.0 Å². The molecule has 7 heteroatoms. The number of hydrogen-bond acceptors (Lipinski definition) is 6. The van der Waals surface area contributed by atoms with Crippen LogP contribution in [0.25, 0.3) is 0 Å². The quantitative estimate of drug-likeness (QED) is 0.885. The molecule has 1 heterocycles. The first-order valence-corrected chi connectivity index (χ1v) is 5.54. The Morgan fingerprint density at radius 3 is 2.26 bits per heavy atom. The van der Waals surface area contributed by atoms with Crippen LogP contribution in [0.1, 0.15) is 5.56 Å². The summed E-state index contributed by atoms with van der Waals surface area (Å²) < 4.78 is 23.3. The molecule has 19 heavy (non-hydrogen) atoms. The molecule has 0 saturated carbocycles. The normalized spacial score (nSPS) is 10.1. The molecule has 1 aromatic carbocycles. The van der Waals surface area contributed by atoms with E-state index in [1.54, 1.807) is 18.2 Å². The summed E-state index contributed by atoms with van der Waals surface area (Å²) in [6.45, 7) is 0.253. The molecule has 0 bridgehead atoms. The SMILES string of the molecule is COc1nc(NCc2ccccc2F)nc(OC)n1. The zero-order chi connectivity index (χ0) is 13.7. The van der Waals surface area contributed by atoms with Gasteiger partial charge in [-0.2, -0.15) is 9.97 Å². The highest BCUT2D eigenvalue weighted by Gasteiger charge is 2.07. The molecule has 0 aliphatic heterocycles. The van der Waals surface area contributed by atoms with Crippen LogP contribution in [-0.4, -0.2) is 29.2 Å². The van der Waals surface area contributed by atoms with Crippen molar-refractivity contribution in [1.82, 2.24) is 15.0 Å². The van der Waals surface area contributed by atoms with Crippen LogP contribution in [0.2, 0.25) is 0 Å². The lowest BCUT2D eigenvalue weighted by atomic mass is 10.2. The Labute approximate surface area is 109 Å². The fourth-order valence-corrected chi connectivity index (χ4v) is 1.42. The maximum Gasteiger partial charge on any atom is 0.324 e. The lowest BCUT2D eigenvalue weighted by Gasteiger charge is -2.07. The van der Waals surface area contributed by atoms with Gasteiger partial charge in [0.25, 0.3) is 0 Å². The van der Waals surface area contributed by atoms with Gasteiger partial charge in [-0.3, -0.25) is 0 Å². The molecular formula is C12H13FN4O2. The van der Waals surface area contributed by atoms with Crippen molar-refractivity contribution in [3.8, 4) is 12.0 Å². The van der Waals surface area contributed by atoms with E-state index in [1.807, 2.05) is 0 Å². The van der Waals surface area contributed by atoms with E-state index in [-0.39, 0.29) is 30.3 Å². The third kappa shape index (κ3) is 3.27. The van der Waals surface area contributed by atoms with Crippen molar-refractivity contribution in [2.75, 3.05) is 19.5 Å². The summed E-state index contributed by atoms with van der Waals surface area (Å²) in [6, 6.07) is 6.72. The fraction of sp³-hybridized carbons (Fsp3) is 0.250. The van der Waals surface area contributed by atoms with Gasteiger partial charge in [-0.1, -0.05) is 18.2 Å². The predicted molar refractivity (Wildman–Crippen MR) is 66.7 cm³/mol. The summed E-state index contributed by atoms with van der Waals surface area (Å²) in [6.07, 6.45) is 0. The molecule has 0 saturated heterocycles. The highest BCUT2D eigenvalue weighted by molar-refractivity contribution is 5.30. The number of nitrogens with one attached hydrogen (secondary N) is 1. The van der Waals surface area contributed by atoms with Gasteiger partial charge < -0.3 is 14.8 Å². The van der Waals surface area contributed by atoms with Gasteiger partial charge in [-0.25, -0.2) is 4.39 Å². The molecule has 0 atom stereocenters. The number of benzene rings is 1. The first kappa shape index (κ1) is 13.0. The molecule has 0 unspecified atom stereocenters. The smallest absolute Gasteiger partial charge is 0.324 e. The molecule has 0 amide bonds. The molecule has 1 aromatic heterocycles. The Morgan fingerprint density at radius 1 is 1.05 bits per heavy atom. The zero-order valence-electron chi connectivity index (χ0n) is 10.6. The van der Waals surface area contributed by atoms with E-state index >= 15 is 0 Å². The number of aromatic nitrogens is 3. The third-order valence-electron chi connectivity index (χ3n) is 2.35. The van der Waals surface area contributed by atoms with Crippen molar-refractivity contribution in [1.29, 1.82) is 0 Å². The molecule has 100 valence electrons. The average Bonchev–Trinajstić information content (AvgIpc) is 2.46. The Balaban J connectivity index is 2.13. The molecule has 0 fully saturated rings. The Hall–Kier alpha value is -2.44. The standard InChI is InChI=1S/C12H13FN4O2/c1-18-11-15-10(16-12(17-11)19-2)14-7-8-5-3-4-6-9(8)13/h3-6H,7H2,1-2H3,(H,14,15,16,17). The zero-order valence-corrected chi connectivity index (χ0v) is 10.6. The number of hydrogen-bond donors (Lipinski definition) is 1. The van der Waals surface area contributed by atoms with Gasteiger partial charge in [0.1, 0.15) is 5.82 Å². The van der Waals surface area contributed by atoms with Crippen LogP contribution in [-0.2, 0) is 6.54 Å². The van der Waals surface area contributed by atoms with Crippen LogP contribution >= 0.6 is 0 Å². The largest absolute Gasteiger partial charge is 0.467 e. The first-order chi connectivity index (χ1) is 9.22. The minimum Gasteiger partial charge on any atom is -0.467 e. The second kappa shape index (κ2) is 5.94. The number of methoxy groups -OCH3 is 2. The van der Waals surface area contributed by atoms with Gasteiger partial charge >= 0.3 is 12.0 Å². The summed E-state index contributed by atoms with van der Waals surface area (Å²) in [4.78, 5) is 11.8. The topological polar surface area (TPSA) is 69.2 Å². The second-order valence-electron chi connectivity index (χ2n) is 3.58. The molecule has 6 nitrogen and oxygen atoms in total. The molecule has 1 N–H and O–H groups in total. The number of nitrogens with zero attached hydrogens (tertiary/aromatic N) is 3. The fourth-order valence-electron chi connectivity index (χ4n) is 1.42. The van der Waals surface area contributed by atoms with Crippen LogP contribution in [0.15, 0.2) is 24.3 Å². The van der Waals surface area contributed by atoms with Gasteiger partial charge in [-0.05, 0) is 6.07 Å². The van der Waals surface area contributed by atoms with Gasteiger partial charge in [0.15, 0.2) is 0 Å². The molecule has 0 aliphatic carbocycles. The first-order valence-electron chi connectivity index (χ1n) is 5.54. The maximum absolute atomic E-state index is 13.4. The predicted octanol–water partition coefficient (Wildman–Crippen LogP) is 1.64. The summed E-state index contributed by atoms with van der Waals surface area (Å²) in [5, 5.41) is 2.89. The number of rotatable bonds is 5. The Bertz CT molecular complexity index is 543. The van der Waals surface area contributed by atoms with E-state index in [0.717, 1.165) is 0 Å². The number of anilines is 1. The van der Waals surface area contributed by atoms with Crippen molar-refractivity contribution in [3.63, 3.8) is 0 Å². The monoisotopic (exact) mass is 264 g/mol. The van der Waals surface area contributed by atoms with Crippen LogP contribution in [0.3, 0.4) is 0 Å². The summed E-state index contributed by atoms with van der Waals surface area (Å²) in [7, 11) is 2.88. The van der Waals surface area contributed by atoms with E-state index in [0.29, 0.717) is 5.56 Å². The van der Waals surface area contributed by atoms with E-state index in [9.17, 15) is 4.39 Å². The van der Waals surface area contributed by atoms with E-state index < -0.39 is 0 Å². The van der Waals surface area contributed by atoms with E-state index in [1.165, 1.54) is 20.3 Å². The maximum atomic E-state index is 13.4. The third-order valence-corrected chi connectivity index (χ3v) is 2.35. The molecular weight excluding hydrogens is 251 g/mol. The van der Waals surface area contributed by atoms with Crippen LogP contribution < -0.4 is 14.8 Å². The number of halogens is 1. The summed E-state index contributed by atoms with van der Waals surface area (Å²) in [5.74, 6) is -0.0325. The van der Waals surface area contributed by atoms with E-state index in [4.69, 9.17) is 9.47 Å². The Morgan fingerprint density at radius 2 is 1.68 bits per heavy atom. The van der Waals surface area contributed by atoms with Crippen molar-refractivity contribution in [3.05, 3.63) is 35.6 Å². The molecule has 0 aliphatic rings. The molecule has 0 radical (unpaired) electrons. The highest BCUT2D eigenvalue weighted by atomic mass is 19.1. The Kier molecular flexibility index (Phi) is 4.07. The minimum absolute atomic E-state index is 0.128. The van der Waals surface area contributed by atoms with Crippen molar-refractivity contribution in [2.45, 2.75) is 6.54 Å². The lowest BCUT2D eigenvalue weighted by molar-refractivity contribution is 0.341. The average molecular weight is 264 g/mol. The summed E-state index contributed by atoms with van der Waals surface area (Å²) in [5.41, 5.74) is 0.515. The summed E-state index contributed by atoms with van der Waals surface area (Å²) >= 11 is 0. The second-order valence-corrected chi connectivity index (χ2v) is 3.58. The van der Waals surface area contributed by atoms with Crippen molar-refractivity contribution < 1.29 is 13.9 Å². The van der Waals surface area contributed by atoms with Crippen molar-refractivity contribution in [2.24, 2.45) is 0 Å². The van der Waals surface area contributed by atoms with Crippen LogP contribution in [0.4, 0.5) is 10.3 Å². The molecule has 0 spiro atoms. The van der Waals surface area contributed by atoms with Crippen LogP contribution in [0, 0.1) is 5.82 Å². The van der Waals surface area contributed by atoms with Gasteiger partial charge in [0.2, 0.25) is 5.95 Å². The number of ether oxygens (including phenoxy) is 2. The van der Waals surface area contributed by atoms with Gasteiger partial charge in [-0.15, -0.1) is 4.98 Å². The highest BCUT2D eigenvalue weighted by Crippen LogP contribution is 2.13. The van der Waals surface area contributed by atoms with Gasteiger partial charge in [0.05, 0.1) is 14.2 Å². The molecule has 2 aromatic rings. The molecule has 2 rings (SSSR count). The van der Waals surface area contributed by atoms with Gasteiger partial charge in [0, 0.05) is 12.1 Å². The van der Waals surface area contributed by atoms with Crippen molar-refractivity contribution >= 4 is 5.95 Å². The van der Waals surface area contributed by atoms with E-state index in [2.05, 4.69) is 20.3 Å². The lowest BCUT2D eigenvalue weighted by Crippen LogP contribution is -2.08. The minimum atomic E-state index is -0.289.